The number of carboxylic acid groups (broad SMARTS) is 1. The summed E-state index contributed by atoms with van der Waals surface area (Å²) in [7, 11) is 0. The van der Waals surface area contributed by atoms with Crippen LogP contribution in [0.1, 0.15) is 36.5 Å². The third kappa shape index (κ3) is 4.74. The minimum absolute atomic E-state index is 0.0729. The van der Waals surface area contributed by atoms with Gasteiger partial charge in [-0.25, -0.2) is 0 Å². The van der Waals surface area contributed by atoms with E-state index in [2.05, 4.69) is 10.9 Å². The number of fused-ring (bicyclic) bond motifs is 1. The molecule has 0 saturated carbocycles. The highest BCUT2D eigenvalue weighted by Crippen LogP contribution is 2.45. The highest BCUT2D eigenvalue weighted by atomic mass is 19.4. The van der Waals surface area contributed by atoms with Crippen molar-refractivity contribution in [2.45, 2.75) is 32.9 Å². The lowest BCUT2D eigenvalue weighted by atomic mass is 10.0. The number of carbonyl (C=O) groups is 3. The van der Waals surface area contributed by atoms with Gasteiger partial charge in [-0.15, -0.1) is 0 Å². The Bertz CT molecular complexity index is 1130. The molecule has 1 aliphatic rings. The van der Waals surface area contributed by atoms with Gasteiger partial charge in [-0.2, -0.15) is 13.2 Å². The Balaban J connectivity index is 2.02. The Morgan fingerprint density at radius 3 is 2.41 bits per heavy atom. The number of carboxylic acids is 1. The van der Waals surface area contributed by atoms with Gasteiger partial charge in [0.15, 0.2) is 0 Å². The number of anilines is 2. The second kappa shape index (κ2) is 8.74. The zero-order chi connectivity index (χ0) is 23.6. The Labute approximate surface area is 181 Å². The number of nitrogens with one attached hydrogen (secondary N) is 2. The Morgan fingerprint density at radius 1 is 1.06 bits per heavy atom. The van der Waals surface area contributed by atoms with Crippen molar-refractivity contribution in [3.8, 4) is 0 Å². The van der Waals surface area contributed by atoms with Gasteiger partial charge in [-0.3, -0.25) is 24.7 Å². The molecule has 0 aliphatic carbocycles. The number of hydrazine groups is 1. The third-order valence-corrected chi connectivity index (χ3v) is 4.84. The summed E-state index contributed by atoms with van der Waals surface area (Å²) in [6.45, 7) is 3.29. The molecule has 0 unspecified atom stereocenters. The fourth-order valence-corrected chi connectivity index (χ4v) is 3.34. The van der Waals surface area contributed by atoms with E-state index >= 15 is 0 Å². The van der Waals surface area contributed by atoms with Crippen molar-refractivity contribution in [1.82, 2.24) is 10.9 Å². The number of halogens is 3. The SMILES string of the molecule is C/C(NNC(=O)CCC(=O)O)=C1/C(=O)N(c2cccc(C)c2)c2cc(C(F)(F)F)ccc21. The van der Waals surface area contributed by atoms with E-state index in [1.165, 1.54) is 17.9 Å². The number of aliphatic carboxylic acids is 1. The van der Waals surface area contributed by atoms with E-state index < -0.39 is 29.5 Å². The maximum Gasteiger partial charge on any atom is 0.416 e. The van der Waals surface area contributed by atoms with Gasteiger partial charge < -0.3 is 10.5 Å². The van der Waals surface area contributed by atoms with E-state index in [0.29, 0.717) is 5.69 Å². The second-order valence-corrected chi connectivity index (χ2v) is 7.28. The summed E-state index contributed by atoms with van der Waals surface area (Å²) >= 11 is 0. The molecule has 0 saturated heterocycles. The number of carbonyl (C=O) groups excluding carboxylic acids is 2. The number of hydrogen-bond donors (Lipinski definition) is 3. The van der Waals surface area contributed by atoms with Gasteiger partial charge in [0.25, 0.3) is 5.91 Å². The van der Waals surface area contributed by atoms with Crippen molar-refractivity contribution in [2.24, 2.45) is 0 Å². The molecule has 3 N–H and O–H groups in total. The summed E-state index contributed by atoms with van der Waals surface area (Å²) in [6, 6.07) is 9.83. The van der Waals surface area contributed by atoms with E-state index in [9.17, 15) is 27.6 Å². The lowest BCUT2D eigenvalue weighted by Crippen LogP contribution is -2.37. The summed E-state index contributed by atoms with van der Waals surface area (Å²) in [4.78, 5) is 36.9. The molecule has 168 valence electrons. The molecule has 0 bridgehead atoms. The summed E-state index contributed by atoms with van der Waals surface area (Å²) in [6.07, 6.45) is -5.24. The zero-order valence-electron chi connectivity index (χ0n) is 17.2. The van der Waals surface area contributed by atoms with Gasteiger partial charge >= 0.3 is 12.1 Å². The Morgan fingerprint density at radius 2 is 1.78 bits per heavy atom. The van der Waals surface area contributed by atoms with Crippen molar-refractivity contribution in [3.63, 3.8) is 0 Å². The van der Waals surface area contributed by atoms with Crippen LogP contribution in [0.15, 0.2) is 48.2 Å². The predicted molar refractivity (Wildman–Crippen MR) is 111 cm³/mol. The summed E-state index contributed by atoms with van der Waals surface area (Å²) < 4.78 is 40.0. The van der Waals surface area contributed by atoms with Crippen molar-refractivity contribution in [1.29, 1.82) is 0 Å². The molecule has 7 nitrogen and oxygen atoms in total. The maximum absolute atomic E-state index is 13.3. The van der Waals surface area contributed by atoms with E-state index in [0.717, 1.165) is 17.7 Å². The van der Waals surface area contributed by atoms with Crippen LogP contribution in [0.4, 0.5) is 24.5 Å². The average molecular weight is 447 g/mol. The van der Waals surface area contributed by atoms with Crippen molar-refractivity contribution in [2.75, 3.05) is 4.90 Å². The maximum atomic E-state index is 13.3. The van der Waals surface area contributed by atoms with Crippen LogP contribution < -0.4 is 15.8 Å². The van der Waals surface area contributed by atoms with Crippen LogP contribution in [0.5, 0.6) is 0 Å². The first-order chi connectivity index (χ1) is 15.0. The first-order valence-electron chi connectivity index (χ1n) is 9.59. The predicted octanol–water partition coefficient (Wildman–Crippen LogP) is 3.91. The summed E-state index contributed by atoms with van der Waals surface area (Å²) in [5.41, 5.74) is 5.84. The molecule has 1 heterocycles. The molecule has 1 aliphatic heterocycles. The lowest BCUT2D eigenvalue weighted by Gasteiger charge is -2.19. The van der Waals surface area contributed by atoms with Crippen LogP contribution in [-0.4, -0.2) is 22.9 Å². The molecule has 10 heteroatoms. The second-order valence-electron chi connectivity index (χ2n) is 7.28. The number of rotatable bonds is 6. The average Bonchev–Trinajstić information content (AvgIpc) is 3.00. The summed E-state index contributed by atoms with van der Waals surface area (Å²) in [5.74, 6) is -2.31. The number of allylic oxidation sites excluding steroid dienone is 1. The highest BCUT2D eigenvalue weighted by Gasteiger charge is 2.38. The van der Waals surface area contributed by atoms with E-state index in [-0.39, 0.29) is 35.4 Å². The van der Waals surface area contributed by atoms with Crippen molar-refractivity contribution in [3.05, 3.63) is 64.9 Å². The zero-order valence-corrected chi connectivity index (χ0v) is 17.2. The van der Waals surface area contributed by atoms with E-state index in [4.69, 9.17) is 5.11 Å². The third-order valence-electron chi connectivity index (χ3n) is 4.84. The minimum atomic E-state index is -4.59. The summed E-state index contributed by atoms with van der Waals surface area (Å²) in [5, 5.41) is 8.65. The standard InChI is InChI=1S/C22H20F3N3O4/c1-12-4-3-5-15(10-12)28-17-11-14(22(23,24)25)6-7-16(17)20(21(28)32)13(2)26-27-18(29)8-9-19(30)31/h3-7,10-11,26H,8-9H2,1-2H3,(H,27,29)(H,30,31)/b20-13-. The van der Waals surface area contributed by atoms with Gasteiger partial charge in [0.1, 0.15) is 0 Å². The van der Waals surface area contributed by atoms with Crippen molar-refractivity contribution >= 4 is 34.7 Å². The van der Waals surface area contributed by atoms with Crippen LogP contribution in [-0.2, 0) is 20.6 Å². The lowest BCUT2D eigenvalue weighted by molar-refractivity contribution is -0.139. The fourth-order valence-electron chi connectivity index (χ4n) is 3.34. The Kier molecular flexibility index (Phi) is 6.24. The van der Waals surface area contributed by atoms with E-state index in [1.54, 1.807) is 31.2 Å². The number of benzene rings is 2. The molecule has 0 spiro atoms. The van der Waals surface area contributed by atoms with Gasteiger partial charge in [0, 0.05) is 23.4 Å². The normalized spacial score (nSPS) is 14.8. The molecule has 3 rings (SSSR count). The van der Waals surface area contributed by atoms with Crippen LogP contribution in [0.2, 0.25) is 0 Å². The quantitative estimate of drug-likeness (QED) is 0.461. The topological polar surface area (TPSA) is 98.7 Å². The Hall–Kier alpha value is -3.82. The largest absolute Gasteiger partial charge is 0.481 e. The van der Waals surface area contributed by atoms with Crippen LogP contribution in [0.25, 0.3) is 5.57 Å². The monoisotopic (exact) mass is 447 g/mol. The first-order valence-corrected chi connectivity index (χ1v) is 9.59. The van der Waals surface area contributed by atoms with Crippen LogP contribution in [0.3, 0.4) is 0 Å². The van der Waals surface area contributed by atoms with E-state index in [1.807, 2.05) is 0 Å². The molecule has 2 aromatic rings. The molecule has 0 fully saturated rings. The van der Waals surface area contributed by atoms with Crippen molar-refractivity contribution < 1.29 is 32.7 Å². The fraction of sp³-hybridized carbons (Fsp3) is 0.227. The molecule has 32 heavy (non-hydrogen) atoms. The molecule has 0 aromatic heterocycles. The molecular weight excluding hydrogens is 427 g/mol. The highest BCUT2D eigenvalue weighted by molar-refractivity contribution is 6.35. The number of aryl methyl sites for hydroxylation is 1. The number of nitrogens with zero attached hydrogens (tertiary/aromatic N) is 1. The van der Waals surface area contributed by atoms with Gasteiger partial charge in [-0.1, -0.05) is 18.2 Å². The molecule has 2 amide bonds. The number of amides is 2. The molecule has 2 aromatic carbocycles. The minimum Gasteiger partial charge on any atom is -0.481 e. The van der Waals surface area contributed by atoms with Gasteiger partial charge in [0.05, 0.1) is 23.2 Å². The number of alkyl halides is 3. The van der Waals surface area contributed by atoms with Gasteiger partial charge in [0.2, 0.25) is 5.91 Å². The number of hydrogen-bond acceptors (Lipinski definition) is 4. The van der Waals surface area contributed by atoms with Crippen LogP contribution >= 0.6 is 0 Å². The first kappa shape index (κ1) is 22.9. The molecular formula is C22H20F3N3O4. The van der Waals surface area contributed by atoms with Crippen LogP contribution in [0, 0.1) is 6.92 Å². The smallest absolute Gasteiger partial charge is 0.416 e. The molecule has 0 atom stereocenters. The molecule has 0 radical (unpaired) electrons. The van der Waals surface area contributed by atoms with Gasteiger partial charge in [-0.05, 0) is 43.7 Å².